The van der Waals surface area contributed by atoms with Gasteiger partial charge in [0.1, 0.15) is 0 Å². The van der Waals surface area contributed by atoms with E-state index >= 15 is 0 Å². The van der Waals surface area contributed by atoms with Crippen LogP contribution in [0.1, 0.15) is 0 Å². The molecule has 4 heteroatoms. The molecule has 0 fully saturated rings. The predicted octanol–water partition coefficient (Wildman–Crippen LogP) is 1.52. The summed E-state index contributed by atoms with van der Waals surface area (Å²) in [6.45, 7) is 7.36. The van der Waals surface area contributed by atoms with E-state index in [1.807, 2.05) is 0 Å². The highest BCUT2D eigenvalue weighted by Gasteiger charge is 2.29. The predicted molar refractivity (Wildman–Crippen MR) is 55.7 cm³/mol. The van der Waals surface area contributed by atoms with Crippen LogP contribution in [-0.4, -0.2) is 44.0 Å². The molecule has 14 heavy (non-hydrogen) atoms. The first-order valence-corrected chi connectivity index (χ1v) is 4.52. The molecule has 0 aliphatic heterocycles. The van der Waals surface area contributed by atoms with Gasteiger partial charge in [-0.1, -0.05) is 12.2 Å². The van der Waals surface area contributed by atoms with Gasteiger partial charge in [-0.25, -0.2) is 8.78 Å². The second-order valence-corrected chi connectivity index (χ2v) is 3.16. The Morgan fingerprint density at radius 1 is 1.29 bits per heavy atom. The lowest BCUT2D eigenvalue weighted by Crippen LogP contribution is -2.42. The Morgan fingerprint density at radius 3 is 2.14 bits per heavy atom. The molecule has 0 bridgehead atoms. The van der Waals surface area contributed by atoms with Crippen LogP contribution < -0.4 is 5.32 Å². The SMILES string of the molecule is C=CCN(CC=C)CC(F)(F)CNC. The lowest BCUT2D eigenvalue weighted by Gasteiger charge is -2.25. The summed E-state index contributed by atoms with van der Waals surface area (Å²) in [5.41, 5.74) is 0. The van der Waals surface area contributed by atoms with E-state index in [9.17, 15) is 8.78 Å². The van der Waals surface area contributed by atoms with Crippen LogP contribution in [0.4, 0.5) is 8.78 Å². The minimum atomic E-state index is -2.71. The van der Waals surface area contributed by atoms with Gasteiger partial charge in [0.25, 0.3) is 5.92 Å². The average molecular weight is 204 g/mol. The lowest BCUT2D eigenvalue weighted by molar-refractivity contribution is -0.0241. The summed E-state index contributed by atoms with van der Waals surface area (Å²) < 4.78 is 26.3. The Balaban J connectivity index is 4.10. The fourth-order valence-electron chi connectivity index (χ4n) is 1.21. The van der Waals surface area contributed by atoms with Crippen LogP contribution in [0, 0.1) is 0 Å². The quantitative estimate of drug-likeness (QED) is 0.603. The molecule has 0 spiro atoms. The van der Waals surface area contributed by atoms with Crippen molar-refractivity contribution in [3.63, 3.8) is 0 Å². The highest BCUT2D eigenvalue weighted by atomic mass is 19.3. The molecule has 2 nitrogen and oxygen atoms in total. The third-order valence-electron chi connectivity index (χ3n) is 1.66. The van der Waals surface area contributed by atoms with Gasteiger partial charge in [0.2, 0.25) is 0 Å². The van der Waals surface area contributed by atoms with Crippen molar-refractivity contribution in [2.24, 2.45) is 0 Å². The molecule has 0 aliphatic rings. The Labute approximate surface area is 84.3 Å². The fraction of sp³-hybridized carbons (Fsp3) is 0.600. The van der Waals surface area contributed by atoms with Crippen LogP contribution in [-0.2, 0) is 0 Å². The maximum absolute atomic E-state index is 13.1. The van der Waals surface area contributed by atoms with Crippen LogP contribution in [0.3, 0.4) is 0 Å². The normalized spacial score (nSPS) is 11.7. The Bertz CT molecular complexity index is 171. The number of hydrogen-bond donors (Lipinski definition) is 1. The first kappa shape index (κ1) is 13.3. The smallest absolute Gasteiger partial charge is 0.272 e. The van der Waals surface area contributed by atoms with Crippen molar-refractivity contribution < 1.29 is 8.78 Å². The maximum atomic E-state index is 13.1. The van der Waals surface area contributed by atoms with Gasteiger partial charge in [0, 0.05) is 13.1 Å². The van der Waals surface area contributed by atoms with Crippen molar-refractivity contribution in [3.05, 3.63) is 25.3 Å². The zero-order chi connectivity index (χ0) is 11.0. The third kappa shape index (κ3) is 5.83. The number of nitrogens with zero attached hydrogens (tertiary/aromatic N) is 1. The van der Waals surface area contributed by atoms with E-state index in [-0.39, 0.29) is 13.1 Å². The Morgan fingerprint density at radius 2 is 1.79 bits per heavy atom. The molecule has 0 radical (unpaired) electrons. The summed E-state index contributed by atoms with van der Waals surface area (Å²) in [5, 5.41) is 2.47. The summed E-state index contributed by atoms with van der Waals surface area (Å²) in [7, 11) is 1.51. The molecule has 0 rings (SSSR count). The van der Waals surface area contributed by atoms with Crippen LogP contribution >= 0.6 is 0 Å². The molecule has 0 atom stereocenters. The van der Waals surface area contributed by atoms with E-state index in [2.05, 4.69) is 18.5 Å². The first-order valence-electron chi connectivity index (χ1n) is 4.52. The third-order valence-corrected chi connectivity index (χ3v) is 1.66. The lowest BCUT2D eigenvalue weighted by atomic mass is 10.3. The summed E-state index contributed by atoms with van der Waals surface area (Å²) >= 11 is 0. The van der Waals surface area contributed by atoms with E-state index in [4.69, 9.17) is 0 Å². The van der Waals surface area contributed by atoms with Crippen molar-refractivity contribution in [2.75, 3.05) is 33.2 Å². The van der Waals surface area contributed by atoms with Gasteiger partial charge in [-0.15, -0.1) is 13.2 Å². The highest BCUT2D eigenvalue weighted by molar-refractivity contribution is 4.84. The largest absolute Gasteiger partial charge is 0.314 e. The van der Waals surface area contributed by atoms with Crippen LogP contribution in [0.5, 0.6) is 0 Å². The van der Waals surface area contributed by atoms with E-state index < -0.39 is 5.92 Å². The second kappa shape index (κ2) is 6.68. The average Bonchev–Trinajstić information content (AvgIpc) is 2.03. The molecule has 1 N–H and O–H groups in total. The minimum absolute atomic E-state index is 0.272. The molecule has 0 aromatic heterocycles. The summed E-state index contributed by atoms with van der Waals surface area (Å²) in [6.07, 6.45) is 3.22. The van der Waals surface area contributed by atoms with Gasteiger partial charge in [-0.2, -0.15) is 0 Å². The topological polar surface area (TPSA) is 15.3 Å². The Hall–Kier alpha value is -0.740. The minimum Gasteiger partial charge on any atom is -0.314 e. The first-order chi connectivity index (χ1) is 6.55. The summed E-state index contributed by atoms with van der Waals surface area (Å²) in [5.74, 6) is -2.71. The van der Waals surface area contributed by atoms with Crippen molar-refractivity contribution in [3.8, 4) is 0 Å². The molecular formula is C10H18F2N2. The number of halogens is 2. The number of nitrogens with one attached hydrogen (secondary N) is 1. The van der Waals surface area contributed by atoms with Crippen molar-refractivity contribution in [2.45, 2.75) is 5.92 Å². The fourth-order valence-corrected chi connectivity index (χ4v) is 1.21. The molecule has 0 heterocycles. The summed E-state index contributed by atoms with van der Waals surface area (Å²) in [6, 6.07) is 0. The zero-order valence-electron chi connectivity index (χ0n) is 8.60. The molecule has 0 aromatic rings. The van der Waals surface area contributed by atoms with Crippen molar-refractivity contribution in [1.82, 2.24) is 10.2 Å². The molecule has 0 aromatic carbocycles. The van der Waals surface area contributed by atoms with Crippen LogP contribution in [0.2, 0.25) is 0 Å². The second-order valence-electron chi connectivity index (χ2n) is 3.16. The monoisotopic (exact) mass is 204 g/mol. The molecular weight excluding hydrogens is 186 g/mol. The molecule has 0 saturated heterocycles. The standard InChI is InChI=1S/C10H18F2N2/c1-4-6-14(7-5-2)9-10(11,12)8-13-3/h4-5,13H,1-2,6-9H2,3H3. The molecule has 0 aliphatic carbocycles. The van der Waals surface area contributed by atoms with E-state index in [1.54, 1.807) is 17.1 Å². The van der Waals surface area contributed by atoms with Crippen LogP contribution in [0.15, 0.2) is 25.3 Å². The number of rotatable bonds is 8. The van der Waals surface area contributed by atoms with Crippen molar-refractivity contribution >= 4 is 0 Å². The Kier molecular flexibility index (Phi) is 6.32. The molecule has 0 saturated carbocycles. The van der Waals surface area contributed by atoms with E-state index in [0.29, 0.717) is 13.1 Å². The van der Waals surface area contributed by atoms with Gasteiger partial charge in [-0.3, -0.25) is 4.90 Å². The molecule has 0 amide bonds. The van der Waals surface area contributed by atoms with E-state index in [0.717, 1.165) is 0 Å². The highest BCUT2D eigenvalue weighted by Crippen LogP contribution is 2.13. The summed E-state index contributed by atoms with van der Waals surface area (Å²) in [4.78, 5) is 1.59. The van der Waals surface area contributed by atoms with Gasteiger partial charge in [0.05, 0.1) is 13.1 Å². The zero-order valence-corrected chi connectivity index (χ0v) is 8.60. The van der Waals surface area contributed by atoms with Gasteiger partial charge in [-0.05, 0) is 7.05 Å². The molecule has 82 valence electrons. The van der Waals surface area contributed by atoms with E-state index in [1.165, 1.54) is 7.05 Å². The maximum Gasteiger partial charge on any atom is 0.272 e. The number of hydrogen-bond acceptors (Lipinski definition) is 2. The van der Waals surface area contributed by atoms with Gasteiger partial charge < -0.3 is 5.32 Å². The van der Waals surface area contributed by atoms with Gasteiger partial charge >= 0.3 is 0 Å². The number of alkyl halides is 2. The van der Waals surface area contributed by atoms with Crippen LogP contribution in [0.25, 0.3) is 0 Å². The molecule has 0 unspecified atom stereocenters. The van der Waals surface area contributed by atoms with Crippen molar-refractivity contribution in [1.29, 1.82) is 0 Å². The van der Waals surface area contributed by atoms with Gasteiger partial charge in [0.15, 0.2) is 0 Å².